The first-order valence-corrected chi connectivity index (χ1v) is 11.1. The Balaban J connectivity index is 1.33. The summed E-state index contributed by atoms with van der Waals surface area (Å²) in [5.41, 5.74) is 5.21. The average Bonchev–Trinajstić information content (AvgIpc) is 3.16. The average molecular weight is 459 g/mol. The van der Waals surface area contributed by atoms with Crippen LogP contribution in [-0.4, -0.2) is 41.8 Å². The van der Waals surface area contributed by atoms with E-state index in [2.05, 4.69) is 22.8 Å². The van der Waals surface area contributed by atoms with Crippen molar-refractivity contribution in [2.75, 3.05) is 6.61 Å². The highest BCUT2D eigenvalue weighted by atomic mass is 16.5. The minimum absolute atomic E-state index is 0.0930. The Morgan fingerprint density at radius 3 is 2.00 bits per heavy atom. The van der Waals surface area contributed by atoms with Gasteiger partial charge in [0, 0.05) is 12.3 Å². The van der Waals surface area contributed by atoms with Crippen molar-refractivity contribution in [1.82, 2.24) is 10.6 Å². The standard InChI is InChI=1S/C27H26N2O5/c1-17(25(30)29-24(26(31)32)15-18-9-3-2-4-10-18)28-27(33)34-16-23-21-13-7-5-11-19(21)20-12-6-8-14-22(20)23/h2-14,17,23-24H,15-16H2,1H3,(H,28,33)(H,29,30)(H,31,32)/t17-,24?/m1/s1. The second-order valence-electron chi connectivity index (χ2n) is 8.28. The summed E-state index contributed by atoms with van der Waals surface area (Å²) >= 11 is 0. The smallest absolute Gasteiger partial charge is 0.407 e. The Hall–Kier alpha value is -4.13. The molecule has 0 heterocycles. The number of nitrogens with one attached hydrogen (secondary N) is 2. The van der Waals surface area contributed by atoms with Gasteiger partial charge >= 0.3 is 12.1 Å². The number of carboxylic acid groups (broad SMARTS) is 1. The fourth-order valence-electron chi connectivity index (χ4n) is 4.23. The lowest BCUT2D eigenvalue weighted by molar-refractivity contribution is -0.142. The lowest BCUT2D eigenvalue weighted by atomic mass is 9.98. The molecule has 7 heteroatoms. The zero-order valence-corrected chi connectivity index (χ0v) is 18.7. The number of hydrogen-bond donors (Lipinski definition) is 3. The van der Waals surface area contributed by atoms with Crippen LogP contribution in [0.15, 0.2) is 78.9 Å². The molecule has 1 aliphatic carbocycles. The van der Waals surface area contributed by atoms with Crippen molar-refractivity contribution in [1.29, 1.82) is 0 Å². The van der Waals surface area contributed by atoms with Crippen LogP contribution in [0.5, 0.6) is 0 Å². The minimum Gasteiger partial charge on any atom is -0.480 e. The van der Waals surface area contributed by atoms with E-state index in [-0.39, 0.29) is 18.9 Å². The maximum absolute atomic E-state index is 12.5. The van der Waals surface area contributed by atoms with Gasteiger partial charge in [0.25, 0.3) is 0 Å². The third kappa shape index (κ3) is 5.09. The molecule has 0 spiro atoms. The van der Waals surface area contributed by atoms with Crippen molar-refractivity contribution in [3.63, 3.8) is 0 Å². The molecule has 0 saturated carbocycles. The van der Waals surface area contributed by atoms with Gasteiger partial charge in [0.05, 0.1) is 0 Å². The Kier molecular flexibility index (Phi) is 6.92. The summed E-state index contributed by atoms with van der Waals surface area (Å²) < 4.78 is 5.46. The van der Waals surface area contributed by atoms with E-state index in [0.717, 1.165) is 27.8 Å². The first kappa shape index (κ1) is 23.0. The molecule has 3 aromatic rings. The summed E-state index contributed by atoms with van der Waals surface area (Å²) in [6.45, 7) is 1.61. The number of fused-ring (bicyclic) bond motifs is 3. The Bertz CT molecular complexity index is 1150. The zero-order chi connectivity index (χ0) is 24.1. The van der Waals surface area contributed by atoms with Crippen LogP contribution < -0.4 is 10.6 Å². The van der Waals surface area contributed by atoms with Crippen molar-refractivity contribution in [2.45, 2.75) is 31.3 Å². The van der Waals surface area contributed by atoms with Crippen LogP contribution in [-0.2, 0) is 20.7 Å². The van der Waals surface area contributed by atoms with Crippen LogP contribution in [0.25, 0.3) is 11.1 Å². The molecule has 4 rings (SSSR count). The molecule has 0 bridgehead atoms. The SMILES string of the molecule is C[C@@H](NC(=O)OCC1c2ccccc2-c2ccccc21)C(=O)NC(Cc1ccccc1)C(=O)O. The number of rotatable bonds is 8. The molecular formula is C27H26N2O5. The Morgan fingerprint density at radius 2 is 1.41 bits per heavy atom. The molecule has 0 radical (unpaired) electrons. The largest absolute Gasteiger partial charge is 0.480 e. The summed E-state index contributed by atoms with van der Waals surface area (Å²) in [7, 11) is 0. The number of carbonyl (C=O) groups excluding carboxylic acids is 2. The van der Waals surface area contributed by atoms with E-state index >= 15 is 0 Å². The molecule has 0 aromatic heterocycles. The predicted octanol–water partition coefficient (Wildman–Crippen LogP) is 3.73. The van der Waals surface area contributed by atoms with Crippen molar-refractivity contribution in [3.05, 3.63) is 95.6 Å². The summed E-state index contributed by atoms with van der Waals surface area (Å²) in [6, 6.07) is 23.0. The highest BCUT2D eigenvalue weighted by Gasteiger charge is 2.30. The highest BCUT2D eigenvalue weighted by molar-refractivity contribution is 5.89. The van der Waals surface area contributed by atoms with E-state index in [1.54, 1.807) is 24.3 Å². The highest BCUT2D eigenvalue weighted by Crippen LogP contribution is 2.44. The van der Waals surface area contributed by atoms with Gasteiger partial charge in [0.15, 0.2) is 0 Å². The molecule has 0 aliphatic heterocycles. The molecule has 0 saturated heterocycles. The monoisotopic (exact) mass is 458 g/mol. The minimum atomic E-state index is -1.15. The number of hydrogen-bond acceptors (Lipinski definition) is 4. The van der Waals surface area contributed by atoms with Gasteiger partial charge in [-0.2, -0.15) is 0 Å². The molecule has 0 fully saturated rings. The van der Waals surface area contributed by atoms with E-state index in [1.165, 1.54) is 6.92 Å². The van der Waals surface area contributed by atoms with E-state index in [9.17, 15) is 19.5 Å². The maximum Gasteiger partial charge on any atom is 0.407 e. The maximum atomic E-state index is 12.5. The molecule has 34 heavy (non-hydrogen) atoms. The van der Waals surface area contributed by atoms with Gasteiger partial charge in [-0.15, -0.1) is 0 Å². The van der Waals surface area contributed by atoms with Gasteiger partial charge in [-0.3, -0.25) is 4.79 Å². The number of benzene rings is 3. The van der Waals surface area contributed by atoms with E-state index in [1.807, 2.05) is 42.5 Å². The third-order valence-corrected chi connectivity index (χ3v) is 5.97. The first-order valence-electron chi connectivity index (χ1n) is 11.1. The van der Waals surface area contributed by atoms with Gasteiger partial charge in [-0.1, -0.05) is 78.9 Å². The number of aliphatic carboxylic acids is 1. The van der Waals surface area contributed by atoms with Crippen LogP contribution in [0.2, 0.25) is 0 Å². The summed E-state index contributed by atoms with van der Waals surface area (Å²) in [4.78, 5) is 36.6. The Morgan fingerprint density at radius 1 is 0.853 bits per heavy atom. The van der Waals surface area contributed by atoms with Crippen molar-refractivity contribution < 1.29 is 24.2 Å². The number of carbonyl (C=O) groups is 3. The molecule has 3 aromatic carbocycles. The van der Waals surface area contributed by atoms with Gasteiger partial charge in [-0.25, -0.2) is 9.59 Å². The van der Waals surface area contributed by atoms with Crippen LogP contribution in [0.4, 0.5) is 4.79 Å². The third-order valence-electron chi connectivity index (χ3n) is 5.97. The van der Waals surface area contributed by atoms with Crippen molar-refractivity contribution in [2.24, 2.45) is 0 Å². The van der Waals surface area contributed by atoms with Crippen LogP contribution in [0.1, 0.15) is 29.5 Å². The summed E-state index contributed by atoms with van der Waals surface area (Å²) in [5.74, 6) is -1.84. The van der Waals surface area contributed by atoms with Gasteiger partial charge in [-0.05, 0) is 34.7 Å². The van der Waals surface area contributed by atoms with Gasteiger partial charge < -0.3 is 20.5 Å². The lowest BCUT2D eigenvalue weighted by Crippen LogP contribution is -2.51. The molecule has 2 atom stereocenters. The van der Waals surface area contributed by atoms with Crippen molar-refractivity contribution in [3.8, 4) is 11.1 Å². The quantitative estimate of drug-likeness (QED) is 0.477. The van der Waals surface area contributed by atoms with Crippen LogP contribution in [0.3, 0.4) is 0 Å². The number of alkyl carbamates (subject to hydrolysis) is 1. The molecule has 7 nitrogen and oxygen atoms in total. The molecular weight excluding hydrogens is 432 g/mol. The van der Waals surface area contributed by atoms with Crippen LogP contribution >= 0.6 is 0 Å². The number of carboxylic acids is 1. The topological polar surface area (TPSA) is 105 Å². The van der Waals surface area contributed by atoms with Crippen molar-refractivity contribution >= 4 is 18.0 Å². The molecule has 3 N–H and O–H groups in total. The normalized spacial score (nSPS) is 13.8. The zero-order valence-electron chi connectivity index (χ0n) is 18.7. The predicted molar refractivity (Wildman–Crippen MR) is 127 cm³/mol. The van der Waals surface area contributed by atoms with Gasteiger partial charge in [0.2, 0.25) is 5.91 Å². The summed E-state index contributed by atoms with van der Waals surface area (Å²) in [5, 5.41) is 14.5. The van der Waals surface area contributed by atoms with E-state index < -0.39 is 30.1 Å². The first-order chi connectivity index (χ1) is 16.4. The van der Waals surface area contributed by atoms with E-state index in [0.29, 0.717) is 0 Å². The van der Waals surface area contributed by atoms with E-state index in [4.69, 9.17) is 4.74 Å². The fourth-order valence-corrected chi connectivity index (χ4v) is 4.23. The summed E-state index contributed by atoms with van der Waals surface area (Å²) in [6.07, 6.45) is -0.598. The molecule has 1 aliphatic rings. The molecule has 2 amide bonds. The lowest BCUT2D eigenvalue weighted by Gasteiger charge is -2.19. The fraction of sp³-hybridized carbons (Fsp3) is 0.222. The second-order valence-corrected chi connectivity index (χ2v) is 8.28. The van der Waals surface area contributed by atoms with Crippen LogP contribution in [0, 0.1) is 0 Å². The second kappa shape index (κ2) is 10.2. The number of amides is 2. The molecule has 174 valence electrons. The number of ether oxygens (including phenoxy) is 1. The van der Waals surface area contributed by atoms with Gasteiger partial charge in [0.1, 0.15) is 18.7 Å². The Labute approximate surface area is 197 Å². The molecule has 1 unspecified atom stereocenters.